The van der Waals surface area contributed by atoms with Crippen molar-refractivity contribution in [2.45, 2.75) is 17.5 Å². The van der Waals surface area contributed by atoms with Crippen molar-refractivity contribution < 1.29 is 29.4 Å². The lowest BCUT2D eigenvalue weighted by Gasteiger charge is -2.49. The number of aromatic hydroxyl groups is 1. The Kier molecular flexibility index (Phi) is 7.59. The molecule has 0 saturated carbocycles. The van der Waals surface area contributed by atoms with Crippen molar-refractivity contribution in [2.75, 3.05) is 5.75 Å². The minimum Gasteiger partial charge on any atom is -0.508 e. The summed E-state index contributed by atoms with van der Waals surface area (Å²) in [6.07, 6.45) is 2.61. The molecular formula is C27H21N9O7S2. The number of H-pyrrole nitrogens is 1. The lowest BCUT2D eigenvalue weighted by atomic mass is 9.99. The Morgan fingerprint density at radius 3 is 2.62 bits per heavy atom. The summed E-state index contributed by atoms with van der Waals surface area (Å²) in [5.41, 5.74) is -0.465. The lowest BCUT2D eigenvalue weighted by Crippen LogP contribution is -2.71. The minimum atomic E-state index is -1.41. The van der Waals surface area contributed by atoms with Gasteiger partial charge in [0, 0.05) is 23.7 Å². The molecule has 2 aliphatic heterocycles. The van der Waals surface area contributed by atoms with Gasteiger partial charge in [-0.3, -0.25) is 29.1 Å². The van der Waals surface area contributed by atoms with Gasteiger partial charge in [0.25, 0.3) is 11.8 Å². The highest BCUT2D eigenvalue weighted by atomic mass is 32.2. The van der Waals surface area contributed by atoms with Gasteiger partial charge in [0.05, 0.1) is 17.4 Å². The van der Waals surface area contributed by atoms with Crippen LogP contribution in [0.2, 0.25) is 0 Å². The molecule has 5 heterocycles. The zero-order valence-corrected chi connectivity index (χ0v) is 24.6. The number of rotatable bonds is 8. The van der Waals surface area contributed by atoms with Crippen molar-refractivity contribution >= 4 is 63.6 Å². The number of aromatic amines is 1. The van der Waals surface area contributed by atoms with E-state index >= 15 is 0 Å². The first-order valence-electron chi connectivity index (χ1n) is 13.1. The van der Waals surface area contributed by atoms with Crippen LogP contribution in [0.15, 0.2) is 64.9 Å². The van der Waals surface area contributed by atoms with Crippen LogP contribution >= 0.6 is 24.0 Å². The number of aliphatic carboxylic acids is 1. The molecule has 5 N–H and O–H groups in total. The average Bonchev–Trinajstić information content (AvgIpc) is 3.48. The molecule has 1 aromatic carbocycles. The number of hydrogen-bond donors (Lipinski definition) is 5. The standard InChI is InChI=1S/C27H21N9O7S2/c1-35-33-22(32-34-35)21(44)14-10-45-26-18(25(41)36(26)19(14)27(42)43)31-24(40)16(11-4-6-12(37)7-5-11)30-23(39)13-9-29-15-3-2-8-28-17(15)20(13)38/h2-9,16,18,26,37H,10H2,1H3,(H,29,38)(H,30,39)(H,31,40)(H,42,43)/t16?,18?,26-/m0/s1. The van der Waals surface area contributed by atoms with E-state index in [1.165, 1.54) is 55.5 Å². The second-order valence-electron chi connectivity index (χ2n) is 9.89. The largest absolute Gasteiger partial charge is 0.508 e. The Morgan fingerprint density at radius 1 is 1.18 bits per heavy atom. The fourth-order valence-corrected chi connectivity index (χ4v) is 6.63. The zero-order valence-electron chi connectivity index (χ0n) is 23.0. The zero-order chi connectivity index (χ0) is 32.0. The first kappa shape index (κ1) is 29.6. The lowest BCUT2D eigenvalue weighted by molar-refractivity contribution is -0.150. The van der Waals surface area contributed by atoms with Gasteiger partial charge in [-0.05, 0) is 35.0 Å². The van der Waals surface area contributed by atoms with Crippen LogP contribution in [0.5, 0.6) is 5.75 Å². The number of pyridine rings is 2. The predicted molar refractivity (Wildman–Crippen MR) is 161 cm³/mol. The molecule has 3 atom stereocenters. The number of carbonyl (C=O) groups is 4. The molecule has 16 nitrogen and oxygen atoms in total. The van der Waals surface area contributed by atoms with Crippen LogP contribution in [0.25, 0.3) is 11.0 Å². The highest BCUT2D eigenvalue weighted by Crippen LogP contribution is 2.41. The second-order valence-corrected chi connectivity index (χ2v) is 11.4. The van der Waals surface area contributed by atoms with Gasteiger partial charge in [0.15, 0.2) is 0 Å². The summed E-state index contributed by atoms with van der Waals surface area (Å²) in [5, 5.41) is 35.7. The smallest absolute Gasteiger partial charge is 0.353 e. The molecule has 2 unspecified atom stereocenters. The highest BCUT2D eigenvalue weighted by Gasteiger charge is 2.55. The third kappa shape index (κ3) is 5.29. The number of phenolic OH excluding ortho intramolecular Hbond substituents is 1. The van der Waals surface area contributed by atoms with Crippen LogP contribution in [0.4, 0.5) is 0 Å². The minimum absolute atomic E-state index is 0.0284. The van der Waals surface area contributed by atoms with Gasteiger partial charge in [-0.2, -0.15) is 4.80 Å². The Bertz CT molecular complexity index is 2010. The maximum atomic E-state index is 13.6. The van der Waals surface area contributed by atoms with Crippen molar-refractivity contribution in [3.63, 3.8) is 0 Å². The van der Waals surface area contributed by atoms with E-state index in [2.05, 4.69) is 36.0 Å². The first-order valence-corrected chi connectivity index (χ1v) is 14.6. The number of fused-ring (bicyclic) bond motifs is 2. The molecule has 18 heteroatoms. The number of aromatic nitrogens is 6. The van der Waals surface area contributed by atoms with Crippen LogP contribution in [-0.2, 0) is 21.4 Å². The van der Waals surface area contributed by atoms with Crippen LogP contribution in [-0.4, -0.2) is 91.0 Å². The quantitative estimate of drug-likeness (QED) is 0.0949. The Balaban J connectivity index is 1.25. The molecule has 228 valence electrons. The number of β-lactam (4-membered cyclic amide) rings is 1. The monoisotopic (exact) mass is 647 g/mol. The number of thioether (sulfide) groups is 1. The van der Waals surface area contributed by atoms with E-state index in [9.17, 15) is 34.2 Å². The van der Waals surface area contributed by atoms with E-state index in [1.807, 2.05) is 0 Å². The van der Waals surface area contributed by atoms with E-state index < -0.39 is 46.6 Å². The average molecular weight is 648 g/mol. The number of benzene rings is 1. The van der Waals surface area contributed by atoms with Gasteiger partial charge in [0.1, 0.15) is 40.0 Å². The van der Waals surface area contributed by atoms with Crippen LogP contribution < -0.4 is 16.1 Å². The van der Waals surface area contributed by atoms with Crippen molar-refractivity contribution in [2.24, 2.45) is 7.05 Å². The van der Waals surface area contributed by atoms with Gasteiger partial charge in [-0.15, -0.1) is 22.0 Å². The Hall–Kier alpha value is -5.49. The number of tetrazole rings is 1. The van der Waals surface area contributed by atoms with Crippen molar-refractivity contribution in [3.8, 4) is 5.75 Å². The van der Waals surface area contributed by atoms with E-state index in [-0.39, 0.29) is 50.1 Å². The van der Waals surface area contributed by atoms with E-state index in [0.717, 1.165) is 9.70 Å². The number of carbonyl (C=O) groups excluding carboxylic acids is 3. The molecule has 4 aromatic rings. The fraction of sp³-hybridized carbons (Fsp3) is 0.185. The Morgan fingerprint density at radius 2 is 1.93 bits per heavy atom. The van der Waals surface area contributed by atoms with Gasteiger partial charge in [-0.25, -0.2) is 4.79 Å². The molecule has 0 radical (unpaired) electrons. The summed E-state index contributed by atoms with van der Waals surface area (Å²) >= 11 is 6.59. The normalized spacial score (nSPS) is 18.2. The molecule has 45 heavy (non-hydrogen) atoms. The molecule has 1 saturated heterocycles. The molecule has 0 aliphatic carbocycles. The summed E-state index contributed by atoms with van der Waals surface area (Å²) in [7, 11) is 1.52. The molecule has 6 rings (SSSR count). The molecular weight excluding hydrogens is 626 g/mol. The van der Waals surface area contributed by atoms with Gasteiger partial charge < -0.3 is 25.8 Å². The fourth-order valence-electron chi connectivity index (χ4n) is 4.93. The van der Waals surface area contributed by atoms with E-state index in [0.29, 0.717) is 5.52 Å². The van der Waals surface area contributed by atoms with Gasteiger partial charge in [-0.1, -0.05) is 24.4 Å². The molecule has 0 spiro atoms. The van der Waals surface area contributed by atoms with Gasteiger partial charge >= 0.3 is 5.97 Å². The topological polar surface area (TPSA) is 225 Å². The Labute approximate surface area is 261 Å². The number of nitrogens with zero attached hydrogens (tertiary/aromatic N) is 6. The summed E-state index contributed by atoms with van der Waals surface area (Å²) in [5.74, 6) is -3.79. The van der Waals surface area contributed by atoms with Crippen molar-refractivity contribution in [1.82, 2.24) is 45.7 Å². The second kappa shape index (κ2) is 11.5. The van der Waals surface area contributed by atoms with E-state index in [4.69, 9.17) is 12.2 Å². The van der Waals surface area contributed by atoms with Crippen LogP contribution in [0.1, 0.15) is 27.8 Å². The van der Waals surface area contributed by atoms with Crippen LogP contribution in [0.3, 0.4) is 0 Å². The number of nitrogens with one attached hydrogen (secondary N) is 3. The maximum absolute atomic E-state index is 13.6. The number of amides is 3. The summed E-state index contributed by atoms with van der Waals surface area (Å²) in [6, 6.07) is 6.10. The molecule has 1 fully saturated rings. The maximum Gasteiger partial charge on any atom is 0.353 e. The summed E-state index contributed by atoms with van der Waals surface area (Å²) in [4.78, 5) is 74.6. The number of hydrogen-bond acceptors (Lipinski definition) is 12. The third-order valence-electron chi connectivity index (χ3n) is 7.10. The molecule has 2 aliphatic rings. The number of carboxylic acids is 1. The van der Waals surface area contributed by atoms with Crippen molar-refractivity contribution in [3.05, 3.63) is 87.2 Å². The van der Waals surface area contributed by atoms with Crippen LogP contribution in [0, 0.1) is 0 Å². The van der Waals surface area contributed by atoms with E-state index in [1.54, 1.807) is 12.1 Å². The molecule has 3 amide bonds. The van der Waals surface area contributed by atoms with Crippen molar-refractivity contribution in [1.29, 1.82) is 0 Å². The third-order valence-corrected chi connectivity index (χ3v) is 8.81. The number of aryl methyl sites for hydroxylation is 1. The summed E-state index contributed by atoms with van der Waals surface area (Å²) in [6.45, 7) is 0. The molecule has 0 bridgehead atoms. The molecule has 3 aromatic heterocycles. The number of carboxylic acid groups (broad SMARTS) is 1. The SMILES string of the molecule is Cn1nnc(C(=S)C2=C(C(=O)O)N3C(=O)C(NC(=O)C(NC(=O)c4c[nH]c5cccnc5c4=O)c4ccc(O)cc4)[C@@H]3SC2)n1. The summed E-state index contributed by atoms with van der Waals surface area (Å²) < 4.78 is 0. The predicted octanol–water partition coefficient (Wildman–Crippen LogP) is -0.220. The number of thiocarbonyl (C=S) groups is 1. The van der Waals surface area contributed by atoms with Gasteiger partial charge in [0.2, 0.25) is 17.2 Å². The highest BCUT2D eigenvalue weighted by molar-refractivity contribution is 8.00. The number of phenols is 1. The first-order chi connectivity index (χ1) is 21.5.